The van der Waals surface area contributed by atoms with E-state index in [0.29, 0.717) is 12.8 Å². The van der Waals surface area contributed by atoms with Crippen LogP contribution in [0.2, 0.25) is 0 Å². The number of carbonyl (C=O) groups is 2. The Morgan fingerprint density at radius 2 is 0.887 bits per heavy atom. The second-order valence-electron chi connectivity index (χ2n) is 14.0. The lowest BCUT2D eigenvalue weighted by molar-refractivity contribution is -0.160. The molecule has 53 heavy (non-hydrogen) atoms. The van der Waals surface area contributed by atoms with Crippen LogP contribution in [0, 0.1) is 0 Å². The van der Waals surface area contributed by atoms with Gasteiger partial charge in [0.05, 0.1) is 13.0 Å². The monoisotopic (exact) mass is 765 g/mol. The van der Waals surface area contributed by atoms with Crippen LogP contribution < -0.4 is 0 Å². The van der Waals surface area contributed by atoms with Crippen molar-refractivity contribution in [2.24, 2.45) is 0 Å². The quantitative estimate of drug-likeness (QED) is 0.0276. The van der Waals surface area contributed by atoms with Crippen LogP contribution in [-0.2, 0) is 28.2 Å². The molecule has 0 aromatic carbocycles. The number of rotatable bonds is 38. The number of phosphoric acid groups is 1. The van der Waals surface area contributed by atoms with Crippen LogP contribution in [-0.4, -0.2) is 41.0 Å². The summed E-state index contributed by atoms with van der Waals surface area (Å²) in [5, 5.41) is 0. The lowest BCUT2D eigenvalue weighted by Crippen LogP contribution is -2.29. The molecular formula is C44H77O8P. The average Bonchev–Trinajstić information content (AvgIpc) is 3.13. The highest BCUT2D eigenvalue weighted by Gasteiger charge is 2.22. The normalized spacial score (nSPS) is 13.1. The largest absolute Gasteiger partial charge is 0.469 e. The summed E-state index contributed by atoms with van der Waals surface area (Å²) < 4.78 is 26.3. The number of hydrogen-bond acceptors (Lipinski definition) is 6. The number of esters is 2. The van der Waals surface area contributed by atoms with Crippen molar-refractivity contribution in [3.63, 3.8) is 0 Å². The zero-order valence-corrected chi connectivity index (χ0v) is 34.5. The van der Waals surface area contributed by atoms with Crippen molar-refractivity contribution in [1.29, 1.82) is 0 Å². The molecule has 1 unspecified atom stereocenters. The van der Waals surface area contributed by atoms with Crippen molar-refractivity contribution >= 4 is 19.8 Å². The molecule has 0 fully saturated rings. The predicted octanol–water partition coefficient (Wildman–Crippen LogP) is 12.9. The number of carbonyl (C=O) groups excluding carboxylic acids is 2. The van der Waals surface area contributed by atoms with Gasteiger partial charge in [-0.05, 0) is 38.5 Å². The molecule has 0 aromatic heterocycles. The van der Waals surface area contributed by atoms with E-state index in [0.717, 1.165) is 38.5 Å². The molecule has 306 valence electrons. The van der Waals surface area contributed by atoms with Gasteiger partial charge in [0.1, 0.15) is 6.61 Å². The highest BCUT2D eigenvalue weighted by molar-refractivity contribution is 7.46. The predicted molar refractivity (Wildman–Crippen MR) is 221 cm³/mol. The summed E-state index contributed by atoms with van der Waals surface area (Å²) in [6.45, 7) is 3.50. The second kappa shape index (κ2) is 39.4. The van der Waals surface area contributed by atoms with E-state index in [2.05, 4.69) is 60.9 Å². The molecule has 0 saturated heterocycles. The molecule has 9 heteroatoms. The van der Waals surface area contributed by atoms with E-state index >= 15 is 0 Å². The second-order valence-corrected chi connectivity index (χ2v) is 15.2. The Morgan fingerprint density at radius 1 is 0.509 bits per heavy atom. The molecule has 0 aliphatic rings. The number of ether oxygens (including phenoxy) is 2. The Kier molecular flexibility index (Phi) is 37.8. The van der Waals surface area contributed by atoms with Gasteiger partial charge in [0.2, 0.25) is 0 Å². The summed E-state index contributed by atoms with van der Waals surface area (Å²) in [5.74, 6) is -1.03. The maximum atomic E-state index is 12.3. The van der Waals surface area contributed by atoms with E-state index in [1.165, 1.54) is 109 Å². The standard InChI is InChI=1S/C44H77O8P/c1-3-5-7-9-11-13-15-17-19-20-21-22-23-25-26-28-30-32-34-36-38-43(45)50-40-42(41-51-53(47,48)49)52-44(46)39-37-35-33-31-29-27-24-18-16-14-12-10-8-6-4-2/h6,8,12,14,18,24,29,31,35,37,42H,3-5,7,9-11,13,15-17,19-23,25-28,30,32-34,36,38-41H2,1-2H3,(H2,47,48,49)/b8-6-,14-12-,24-18-,31-29-,37-35-. The zero-order chi connectivity index (χ0) is 38.9. The number of phosphoric ester groups is 1. The van der Waals surface area contributed by atoms with Gasteiger partial charge in [-0.15, -0.1) is 0 Å². The molecule has 0 heterocycles. The van der Waals surface area contributed by atoms with Gasteiger partial charge in [-0.1, -0.05) is 197 Å². The Balaban J connectivity index is 3.97. The smallest absolute Gasteiger partial charge is 0.462 e. The van der Waals surface area contributed by atoms with Gasteiger partial charge in [-0.25, -0.2) is 4.57 Å². The van der Waals surface area contributed by atoms with Crippen molar-refractivity contribution in [3.8, 4) is 0 Å². The van der Waals surface area contributed by atoms with E-state index in [1.807, 2.05) is 12.2 Å². The Bertz CT molecular complexity index is 1040. The van der Waals surface area contributed by atoms with Gasteiger partial charge in [-0.3, -0.25) is 14.1 Å². The highest BCUT2D eigenvalue weighted by Crippen LogP contribution is 2.36. The van der Waals surface area contributed by atoms with E-state index in [9.17, 15) is 14.2 Å². The zero-order valence-electron chi connectivity index (χ0n) is 33.6. The van der Waals surface area contributed by atoms with Crippen LogP contribution >= 0.6 is 7.82 Å². The van der Waals surface area contributed by atoms with Crippen LogP contribution in [0.25, 0.3) is 0 Å². The lowest BCUT2D eigenvalue weighted by Gasteiger charge is -2.18. The van der Waals surface area contributed by atoms with Gasteiger partial charge >= 0.3 is 19.8 Å². The Labute approximate surface area is 324 Å². The minimum Gasteiger partial charge on any atom is -0.462 e. The van der Waals surface area contributed by atoms with Crippen molar-refractivity contribution in [1.82, 2.24) is 0 Å². The summed E-state index contributed by atoms with van der Waals surface area (Å²) in [5.41, 5.74) is 0. The number of unbranched alkanes of at least 4 members (excludes halogenated alkanes) is 19. The van der Waals surface area contributed by atoms with Crippen LogP contribution in [0.4, 0.5) is 0 Å². The molecule has 0 rings (SSSR count). The molecule has 1 atom stereocenters. The average molecular weight is 765 g/mol. The summed E-state index contributed by atoms with van der Waals surface area (Å²) in [6.07, 6.45) is 49.8. The maximum Gasteiger partial charge on any atom is 0.469 e. The van der Waals surface area contributed by atoms with E-state index in [4.69, 9.17) is 19.3 Å². The van der Waals surface area contributed by atoms with Gasteiger partial charge in [-0.2, -0.15) is 0 Å². The number of hydrogen-bond donors (Lipinski definition) is 2. The molecule has 0 spiro atoms. The van der Waals surface area contributed by atoms with Crippen LogP contribution in [0.5, 0.6) is 0 Å². The highest BCUT2D eigenvalue weighted by atomic mass is 31.2. The van der Waals surface area contributed by atoms with Crippen molar-refractivity contribution in [2.75, 3.05) is 13.2 Å². The fourth-order valence-electron chi connectivity index (χ4n) is 5.74. The molecule has 0 saturated carbocycles. The van der Waals surface area contributed by atoms with Gasteiger partial charge in [0.15, 0.2) is 6.10 Å². The fourth-order valence-corrected chi connectivity index (χ4v) is 6.10. The van der Waals surface area contributed by atoms with Crippen LogP contribution in [0.15, 0.2) is 60.8 Å². The summed E-state index contributed by atoms with van der Waals surface area (Å²) >= 11 is 0. The van der Waals surface area contributed by atoms with Gasteiger partial charge in [0, 0.05) is 6.42 Å². The molecule has 0 aliphatic carbocycles. The maximum absolute atomic E-state index is 12.3. The van der Waals surface area contributed by atoms with Crippen molar-refractivity contribution in [3.05, 3.63) is 60.8 Å². The topological polar surface area (TPSA) is 119 Å². The summed E-state index contributed by atoms with van der Waals surface area (Å²) in [7, 11) is -4.78. The molecule has 2 N–H and O–H groups in total. The van der Waals surface area contributed by atoms with Crippen molar-refractivity contribution < 1.29 is 37.9 Å². The first-order valence-electron chi connectivity index (χ1n) is 21.1. The lowest BCUT2D eigenvalue weighted by atomic mass is 10.0. The van der Waals surface area contributed by atoms with E-state index < -0.39 is 32.5 Å². The third-order valence-corrected chi connectivity index (χ3v) is 9.32. The molecule has 0 bridgehead atoms. The molecule has 0 aromatic rings. The molecular weight excluding hydrogens is 687 g/mol. The first-order chi connectivity index (χ1) is 25.8. The van der Waals surface area contributed by atoms with Crippen molar-refractivity contribution in [2.45, 2.75) is 193 Å². The van der Waals surface area contributed by atoms with Gasteiger partial charge < -0.3 is 19.3 Å². The van der Waals surface area contributed by atoms with E-state index in [-0.39, 0.29) is 19.4 Å². The van der Waals surface area contributed by atoms with Crippen LogP contribution in [0.3, 0.4) is 0 Å². The first kappa shape index (κ1) is 50.8. The Morgan fingerprint density at radius 3 is 1.28 bits per heavy atom. The van der Waals surface area contributed by atoms with E-state index in [1.54, 1.807) is 6.08 Å². The third-order valence-electron chi connectivity index (χ3n) is 8.83. The molecule has 8 nitrogen and oxygen atoms in total. The third kappa shape index (κ3) is 42.4. The Hall–Kier alpha value is -2.25. The summed E-state index contributed by atoms with van der Waals surface area (Å²) in [6, 6.07) is 0. The minimum absolute atomic E-state index is 0.0206. The van der Waals surface area contributed by atoms with Gasteiger partial charge in [0.25, 0.3) is 0 Å². The molecule has 0 radical (unpaired) electrons. The number of allylic oxidation sites excluding steroid dienone is 9. The first-order valence-corrected chi connectivity index (χ1v) is 22.6. The van der Waals surface area contributed by atoms with Crippen LogP contribution in [0.1, 0.15) is 187 Å². The molecule has 0 aliphatic heterocycles. The summed E-state index contributed by atoms with van der Waals surface area (Å²) in [4.78, 5) is 42.7. The SMILES string of the molecule is CC/C=C\C/C=C\C/C=C\C/C=C\C/C=C\CC(=O)OC(COC(=O)CCCCCCCCCCCCCCCCCCCCCC)COP(=O)(O)O. The minimum atomic E-state index is -4.78. The molecule has 0 amide bonds. The fraction of sp³-hybridized carbons (Fsp3) is 0.727.